The third kappa shape index (κ3) is 5.87. The topological polar surface area (TPSA) is 79.3 Å². The Bertz CT molecular complexity index is 525. The monoisotopic (exact) mass is 388 g/mol. The van der Waals surface area contributed by atoms with Crippen LogP contribution in [0.15, 0.2) is 0 Å². The van der Waals surface area contributed by atoms with Crippen LogP contribution in [0, 0.1) is 0 Å². The summed E-state index contributed by atoms with van der Waals surface area (Å²) in [6, 6.07) is -0.213. The molecular formula is C18H36N2O5Si. The minimum absolute atomic E-state index is 0.00641. The van der Waals surface area contributed by atoms with Crippen LogP contribution in [-0.4, -0.2) is 73.3 Å². The molecule has 0 bridgehead atoms. The average Bonchev–Trinajstić information content (AvgIpc) is 2.42. The molecule has 2 amide bonds. The van der Waals surface area contributed by atoms with E-state index in [-0.39, 0.29) is 23.7 Å². The Morgan fingerprint density at radius 1 is 1.15 bits per heavy atom. The van der Waals surface area contributed by atoms with E-state index < -0.39 is 26.1 Å². The maximum absolute atomic E-state index is 12.5. The molecule has 1 rings (SSSR count). The molecule has 1 aliphatic heterocycles. The second-order valence-corrected chi connectivity index (χ2v) is 14.3. The first kappa shape index (κ1) is 22.8. The largest absolute Gasteiger partial charge is 0.465 e. The van der Waals surface area contributed by atoms with Gasteiger partial charge in [0.25, 0.3) is 0 Å². The Labute approximate surface area is 158 Å². The van der Waals surface area contributed by atoms with Crippen LogP contribution in [0.4, 0.5) is 9.59 Å². The van der Waals surface area contributed by atoms with Crippen LogP contribution in [0.2, 0.25) is 18.1 Å². The van der Waals surface area contributed by atoms with Gasteiger partial charge in [0, 0.05) is 13.6 Å². The number of carbonyl (C=O) groups excluding carboxylic acids is 1. The van der Waals surface area contributed by atoms with Crippen molar-refractivity contribution in [3.8, 4) is 0 Å². The summed E-state index contributed by atoms with van der Waals surface area (Å²) < 4.78 is 12.0. The van der Waals surface area contributed by atoms with Gasteiger partial charge in [0.15, 0.2) is 8.32 Å². The molecule has 1 saturated heterocycles. The van der Waals surface area contributed by atoms with Gasteiger partial charge in [-0.15, -0.1) is 0 Å². The van der Waals surface area contributed by atoms with Crippen molar-refractivity contribution >= 4 is 20.5 Å². The number of hydrogen-bond acceptors (Lipinski definition) is 4. The van der Waals surface area contributed by atoms with Crippen molar-refractivity contribution in [3.05, 3.63) is 0 Å². The van der Waals surface area contributed by atoms with Crippen molar-refractivity contribution in [1.29, 1.82) is 0 Å². The second kappa shape index (κ2) is 7.76. The Morgan fingerprint density at radius 3 is 2.12 bits per heavy atom. The summed E-state index contributed by atoms with van der Waals surface area (Å²) in [5.74, 6) is 0. The van der Waals surface area contributed by atoms with Crippen molar-refractivity contribution in [2.45, 2.75) is 83.8 Å². The number of ether oxygens (including phenoxy) is 1. The Balaban J connectivity index is 3.03. The van der Waals surface area contributed by atoms with E-state index in [4.69, 9.17) is 9.16 Å². The number of likely N-dealkylation sites (N-methyl/N-ethyl adjacent to an activating group) is 1. The predicted octanol–water partition coefficient (Wildman–Crippen LogP) is 4.00. The Hall–Kier alpha value is -1.28. The highest BCUT2D eigenvalue weighted by molar-refractivity contribution is 6.74. The molecule has 0 aliphatic carbocycles. The van der Waals surface area contributed by atoms with E-state index in [0.717, 1.165) is 0 Å². The zero-order valence-corrected chi connectivity index (χ0v) is 18.8. The summed E-state index contributed by atoms with van der Waals surface area (Å²) in [4.78, 5) is 26.9. The molecule has 2 unspecified atom stereocenters. The Morgan fingerprint density at radius 2 is 1.69 bits per heavy atom. The van der Waals surface area contributed by atoms with Crippen LogP contribution < -0.4 is 0 Å². The lowest BCUT2D eigenvalue weighted by atomic mass is 10.0. The van der Waals surface area contributed by atoms with Crippen molar-refractivity contribution in [2.75, 3.05) is 20.1 Å². The van der Waals surface area contributed by atoms with Crippen LogP contribution in [-0.2, 0) is 9.16 Å². The molecule has 1 fully saturated rings. The third-order valence-electron chi connectivity index (χ3n) is 5.23. The smallest absolute Gasteiger partial charge is 0.410 e. The lowest BCUT2D eigenvalue weighted by molar-refractivity contribution is -0.0170. The van der Waals surface area contributed by atoms with Gasteiger partial charge >= 0.3 is 12.2 Å². The van der Waals surface area contributed by atoms with Crippen LogP contribution in [0.1, 0.15) is 48.0 Å². The van der Waals surface area contributed by atoms with Crippen LogP contribution in [0.5, 0.6) is 0 Å². The molecule has 26 heavy (non-hydrogen) atoms. The highest BCUT2D eigenvalue weighted by Crippen LogP contribution is 2.38. The van der Waals surface area contributed by atoms with Gasteiger partial charge in [-0.25, -0.2) is 9.59 Å². The van der Waals surface area contributed by atoms with Gasteiger partial charge in [-0.05, 0) is 45.3 Å². The average molecular weight is 389 g/mol. The van der Waals surface area contributed by atoms with Gasteiger partial charge in [-0.2, -0.15) is 0 Å². The minimum Gasteiger partial charge on any atom is -0.465 e. The summed E-state index contributed by atoms with van der Waals surface area (Å²) in [5, 5.41) is 9.37. The molecule has 0 spiro atoms. The molecule has 152 valence electrons. The maximum Gasteiger partial charge on any atom is 0.410 e. The highest BCUT2D eigenvalue weighted by Gasteiger charge is 2.44. The molecule has 0 aromatic rings. The van der Waals surface area contributed by atoms with E-state index in [0.29, 0.717) is 13.0 Å². The van der Waals surface area contributed by atoms with Gasteiger partial charge in [-0.3, -0.25) is 0 Å². The number of carboxylic acid groups (broad SMARTS) is 1. The van der Waals surface area contributed by atoms with Gasteiger partial charge in [0.2, 0.25) is 0 Å². The molecule has 1 aliphatic rings. The summed E-state index contributed by atoms with van der Waals surface area (Å²) >= 11 is 0. The zero-order valence-electron chi connectivity index (χ0n) is 17.8. The quantitative estimate of drug-likeness (QED) is 0.739. The fourth-order valence-corrected chi connectivity index (χ4v) is 4.00. The van der Waals surface area contributed by atoms with Crippen LogP contribution in [0.25, 0.3) is 0 Å². The summed E-state index contributed by atoms with van der Waals surface area (Å²) in [6.45, 7) is 16.8. The molecule has 1 N–H and O–H groups in total. The van der Waals surface area contributed by atoms with E-state index in [1.165, 1.54) is 4.90 Å². The molecule has 8 heteroatoms. The molecule has 0 radical (unpaired) electrons. The Kier molecular flexibility index (Phi) is 6.79. The molecule has 0 saturated carbocycles. The normalized spacial score (nSPS) is 22.1. The van der Waals surface area contributed by atoms with Crippen molar-refractivity contribution in [3.63, 3.8) is 0 Å². The van der Waals surface area contributed by atoms with E-state index in [2.05, 4.69) is 33.9 Å². The van der Waals surface area contributed by atoms with E-state index >= 15 is 0 Å². The fourth-order valence-electron chi connectivity index (χ4n) is 2.66. The van der Waals surface area contributed by atoms with Crippen molar-refractivity contribution in [1.82, 2.24) is 9.80 Å². The molecule has 1 heterocycles. The van der Waals surface area contributed by atoms with Crippen molar-refractivity contribution in [2.24, 2.45) is 0 Å². The number of piperidine rings is 1. The standard InChI is InChI=1S/C18H36N2O5Si/c1-17(2,3)24-16(23)19(7)13-10-11-20(15(21)22)12-14(13)25-26(8,9)18(4,5)6/h13-14H,10-12H2,1-9H3,(H,21,22). The number of hydrogen-bond donors (Lipinski definition) is 1. The first-order valence-corrected chi connectivity index (χ1v) is 12.1. The molecule has 0 aromatic heterocycles. The van der Waals surface area contributed by atoms with Gasteiger partial charge in [0.1, 0.15) is 5.60 Å². The lowest BCUT2D eigenvalue weighted by Gasteiger charge is -2.47. The zero-order chi connectivity index (χ0) is 20.5. The number of carbonyl (C=O) groups is 2. The summed E-state index contributed by atoms with van der Waals surface area (Å²) in [6.07, 6.45) is -1.19. The second-order valence-electron chi connectivity index (χ2n) is 9.59. The molecule has 7 nitrogen and oxygen atoms in total. The van der Waals surface area contributed by atoms with Gasteiger partial charge in [0.05, 0.1) is 18.7 Å². The van der Waals surface area contributed by atoms with E-state index in [9.17, 15) is 14.7 Å². The third-order valence-corrected chi connectivity index (χ3v) is 9.73. The van der Waals surface area contributed by atoms with Crippen molar-refractivity contribution < 1.29 is 23.9 Å². The van der Waals surface area contributed by atoms with Gasteiger partial charge < -0.3 is 24.1 Å². The molecule has 0 aromatic carbocycles. The lowest BCUT2D eigenvalue weighted by Crippen LogP contribution is -2.60. The predicted molar refractivity (Wildman–Crippen MR) is 104 cm³/mol. The molecule has 2 atom stereocenters. The number of rotatable bonds is 3. The summed E-state index contributed by atoms with van der Waals surface area (Å²) in [5.41, 5.74) is -0.580. The molecular weight excluding hydrogens is 352 g/mol. The first-order valence-electron chi connectivity index (χ1n) is 9.16. The van der Waals surface area contributed by atoms with E-state index in [1.807, 2.05) is 20.8 Å². The SMILES string of the molecule is CN(C(=O)OC(C)(C)C)C1CCN(C(=O)O)CC1O[Si](C)(C)C(C)(C)C. The fraction of sp³-hybridized carbons (Fsp3) is 0.889. The number of likely N-dealkylation sites (tertiary alicyclic amines) is 1. The summed E-state index contributed by atoms with van der Waals surface area (Å²) in [7, 11) is -0.419. The first-order chi connectivity index (χ1) is 11.5. The number of amides is 2. The van der Waals surface area contributed by atoms with Crippen LogP contribution >= 0.6 is 0 Å². The van der Waals surface area contributed by atoms with Crippen LogP contribution in [0.3, 0.4) is 0 Å². The highest BCUT2D eigenvalue weighted by atomic mass is 28.4. The van der Waals surface area contributed by atoms with Gasteiger partial charge in [-0.1, -0.05) is 20.8 Å². The van der Waals surface area contributed by atoms with E-state index in [1.54, 1.807) is 11.9 Å². The maximum atomic E-state index is 12.5. The number of nitrogens with zero attached hydrogens (tertiary/aromatic N) is 2. The minimum atomic E-state index is -2.12.